The van der Waals surface area contributed by atoms with E-state index in [1.165, 1.54) is 14.2 Å². The van der Waals surface area contributed by atoms with Gasteiger partial charge in [0.05, 0.1) is 26.9 Å². The molecule has 32 heavy (non-hydrogen) atoms. The largest absolute Gasteiger partial charge is 0.468 e. The minimum atomic E-state index is -4.06. The number of hydrogen-bond acceptors (Lipinski definition) is 9. The number of carbonyl (C=O) groups is 2. The number of aliphatic hydroxyl groups is 2. The fourth-order valence-corrected chi connectivity index (χ4v) is 5.61. The molecule has 0 aromatic heterocycles. The maximum absolute atomic E-state index is 13.8. The number of esters is 2. The molecule has 1 saturated heterocycles. The lowest BCUT2D eigenvalue weighted by atomic mass is 10.1. The number of nitrogens with one attached hydrogen (secondary N) is 2. The fourth-order valence-electron chi connectivity index (χ4n) is 3.78. The third-order valence-electron chi connectivity index (χ3n) is 5.57. The van der Waals surface area contributed by atoms with Gasteiger partial charge >= 0.3 is 19.6 Å². The molecule has 12 heteroatoms. The lowest BCUT2D eigenvalue weighted by Crippen LogP contribution is -2.46. The summed E-state index contributed by atoms with van der Waals surface area (Å²) in [4.78, 5) is 24.6. The number of aliphatic hydroxyl groups excluding tert-OH is 1. The van der Waals surface area contributed by atoms with Crippen molar-refractivity contribution in [3.05, 3.63) is 0 Å². The van der Waals surface area contributed by atoms with E-state index in [0.29, 0.717) is 19.3 Å². The summed E-state index contributed by atoms with van der Waals surface area (Å²) in [5, 5.41) is 25.9. The van der Waals surface area contributed by atoms with E-state index in [4.69, 9.17) is 18.7 Å². The Morgan fingerprint density at radius 1 is 1.06 bits per heavy atom. The molecule has 2 fully saturated rings. The van der Waals surface area contributed by atoms with Crippen LogP contribution >= 0.6 is 7.67 Å². The standard InChI is InChI=1S/C20H37N2O9P/c1-11(2)7-13(18(24)28-5)21-32(27,22-14(8-12(3)4)19(25)29-6)30-10-15-17(23)20(26)9-16(20)31-15/h11-17,23,26H,7-10H2,1-6H3,(H2,21,22,27)/t13?,14?,15-,16+,17?,20?,32?/m1/s1. The maximum atomic E-state index is 13.8. The van der Waals surface area contributed by atoms with Gasteiger partial charge in [0.2, 0.25) is 0 Å². The van der Waals surface area contributed by atoms with Crippen molar-refractivity contribution in [1.82, 2.24) is 10.2 Å². The van der Waals surface area contributed by atoms with Crippen molar-refractivity contribution >= 4 is 19.6 Å². The molecule has 0 bridgehead atoms. The summed E-state index contributed by atoms with van der Waals surface area (Å²) in [7, 11) is -1.61. The molecule has 1 heterocycles. The van der Waals surface area contributed by atoms with Gasteiger partial charge in [-0.25, -0.2) is 10.2 Å². The SMILES string of the molecule is COC(=O)C(CC(C)C)NP(=O)(NC(CC(C)C)C(=O)OC)OC[C@H]1O[C@H]2CC2(O)C1O. The average molecular weight is 480 g/mol. The van der Waals surface area contributed by atoms with Gasteiger partial charge in [-0.2, -0.15) is 0 Å². The van der Waals surface area contributed by atoms with E-state index >= 15 is 0 Å². The molecule has 1 aliphatic carbocycles. The molecule has 0 spiro atoms. The molecule has 1 aliphatic heterocycles. The summed E-state index contributed by atoms with van der Waals surface area (Å²) >= 11 is 0. The van der Waals surface area contributed by atoms with Crippen molar-refractivity contribution in [3.8, 4) is 0 Å². The van der Waals surface area contributed by atoms with Gasteiger partial charge in [0.1, 0.15) is 29.9 Å². The highest BCUT2D eigenvalue weighted by Gasteiger charge is 2.67. The Balaban J connectivity index is 2.21. The summed E-state index contributed by atoms with van der Waals surface area (Å²) in [6.45, 7) is 7.23. The first-order valence-corrected chi connectivity index (χ1v) is 12.5. The Hall–Kier alpha value is -1.07. The van der Waals surface area contributed by atoms with Crippen LogP contribution in [0.4, 0.5) is 0 Å². The van der Waals surface area contributed by atoms with Crippen LogP contribution < -0.4 is 10.2 Å². The van der Waals surface area contributed by atoms with E-state index in [2.05, 4.69) is 10.2 Å². The number of methoxy groups -OCH3 is 2. The number of carbonyl (C=O) groups excluding carboxylic acids is 2. The Morgan fingerprint density at radius 3 is 1.88 bits per heavy atom. The van der Waals surface area contributed by atoms with Gasteiger partial charge in [-0.15, -0.1) is 0 Å². The molecular weight excluding hydrogens is 443 g/mol. The van der Waals surface area contributed by atoms with Crippen LogP contribution in [0.3, 0.4) is 0 Å². The molecule has 1 saturated carbocycles. The van der Waals surface area contributed by atoms with E-state index in [-0.39, 0.29) is 18.4 Å². The summed E-state index contributed by atoms with van der Waals surface area (Å²) in [5.41, 5.74) is -1.31. The minimum absolute atomic E-state index is 0.0634. The highest BCUT2D eigenvalue weighted by Crippen LogP contribution is 2.51. The van der Waals surface area contributed by atoms with Crippen LogP contribution in [0.25, 0.3) is 0 Å². The van der Waals surface area contributed by atoms with Crippen molar-refractivity contribution in [2.24, 2.45) is 11.8 Å². The third kappa shape index (κ3) is 6.72. The Kier molecular flexibility index (Phi) is 9.26. The highest BCUT2D eigenvalue weighted by molar-refractivity contribution is 7.54. The van der Waals surface area contributed by atoms with Crippen LogP contribution in [0.2, 0.25) is 0 Å². The van der Waals surface area contributed by atoms with Gasteiger partial charge in [-0.3, -0.25) is 14.2 Å². The van der Waals surface area contributed by atoms with Gasteiger partial charge in [0.25, 0.3) is 0 Å². The summed E-state index contributed by atoms with van der Waals surface area (Å²) in [6, 6.07) is -1.94. The highest BCUT2D eigenvalue weighted by atomic mass is 31.2. The number of fused-ring (bicyclic) bond motifs is 1. The first kappa shape index (κ1) is 27.2. The molecule has 11 nitrogen and oxygen atoms in total. The number of ether oxygens (including phenoxy) is 3. The Morgan fingerprint density at radius 2 is 1.53 bits per heavy atom. The molecule has 0 aromatic rings. The molecular formula is C20H37N2O9P. The van der Waals surface area contributed by atoms with Gasteiger partial charge in [0, 0.05) is 6.42 Å². The quantitative estimate of drug-likeness (QED) is 0.218. The minimum Gasteiger partial charge on any atom is -0.468 e. The zero-order valence-corrected chi connectivity index (χ0v) is 20.5. The summed E-state index contributed by atoms with van der Waals surface area (Å²) in [5.74, 6) is -1.13. The monoisotopic (exact) mass is 480 g/mol. The zero-order chi connectivity index (χ0) is 24.3. The molecule has 4 N–H and O–H groups in total. The Bertz CT molecular complexity index is 683. The van der Waals surface area contributed by atoms with Crippen LogP contribution in [0.5, 0.6) is 0 Å². The van der Waals surface area contributed by atoms with Crippen LogP contribution in [-0.4, -0.2) is 79.0 Å². The zero-order valence-electron chi connectivity index (χ0n) is 19.6. The second-order valence-corrected chi connectivity index (χ2v) is 11.2. The molecule has 2 aliphatic rings. The molecule has 6 atom stereocenters. The average Bonchev–Trinajstić information content (AvgIpc) is 3.31. The summed E-state index contributed by atoms with van der Waals surface area (Å²) in [6.07, 6.45) is -1.65. The summed E-state index contributed by atoms with van der Waals surface area (Å²) < 4.78 is 34.6. The fraction of sp³-hybridized carbons (Fsp3) is 0.900. The molecule has 0 radical (unpaired) electrons. The lowest BCUT2D eigenvalue weighted by molar-refractivity contribution is -0.143. The molecule has 186 valence electrons. The van der Waals surface area contributed by atoms with Crippen LogP contribution in [-0.2, 0) is 32.9 Å². The molecule has 0 amide bonds. The number of hydrogen-bond donors (Lipinski definition) is 4. The Labute approximate surface area is 189 Å². The van der Waals surface area contributed by atoms with Gasteiger partial charge < -0.3 is 28.9 Å². The van der Waals surface area contributed by atoms with Crippen LogP contribution in [0.1, 0.15) is 47.0 Å². The normalized spacial score (nSPS) is 30.5. The number of rotatable bonds is 13. The van der Waals surface area contributed by atoms with Crippen molar-refractivity contribution in [2.45, 2.75) is 83.0 Å². The maximum Gasteiger partial charge on any atom is 0.342 e. The first-order chi connectivity index (χ1) is 14.8. The predicted molar refractivity (Wildman–Crippen MR) is 115 cm³/mol. The molecule has 0 aromatic carbocycles. The van der Waals surface area contributed by atoms with Crippen LogP contribution in [0, 0.1) is 11.8 Å². The lowest BCUT2D eigenvalue weighted by Gasteiger charge is -2.30. The van der Waals surface area contributed by atoms with E-state index in [1.54, 1.807) is 0 Å². The van der Waals surface area contributed by atoms with Gasteiger partial charge in [-0.05, 0) is 24.7 Å². The van der Waals surface area contributed by atoms with Crippen molar-refractivity contribution < 1.29 is 43.1 Å². The molecule has 2 rings (SSSR count). The van der Waals surface area contributed by atoms with Crippen LogP contribution in [0.15, 0.2) is 0 Å². The smallest absolute Gasteiger partial charge is 0.342 e. The van der Waals surface area contributed by atoms with E-state index < -0.39 is 55.6 Å². The molecule has 4 unspecified atom stereocenters. The van der Waals surface area contributed by atoms with E-state index in [1.807, 2.05) is 27.7 Å². The van der Waals surface area contributed by atoms with Crippen molar-refractivity contribution in [3.63, 3.8) is 0 Å². The first-order valence-electron chi connectivity index (χ1n) is 10.9. The van der Waals surface area contributed by atoms with Gasteiger partial charge in [0.15, 0.2) is 0 Å². The van der Waals surface area contributed by atoms with Crippen molar-refractivity contribution in [1.29, 1.82) is 0 Å². The second-order valence-electron chi connectivity index (χ2n) is 9.32. The predicted octanol–water partition coefficient (Wildman–Crippen LogP) is 0.729. The second kappa shape index (κ2) is 10.9. The van der Waals surface area contributed by atoms with Gasteiger partial charge in [-0.1, -0.05) is 27.7 Å². The van der Waals surface area contributed by atoms with E-state index in [0.717, 1.165) is 0 Å². The topological polar surface area (TPSA) is 153 Å². The van der Waals surface area contributed by atoms with E-state index in [9.17, 15) is 24.4 Å². The third-order valence-corrected chi connectivity index (χ3v) is 7.39. The van der Waals surface area contributed by atoms with Crippen molar-refractivity contribution in [2.75, 3.05) is 20.8 Å².